The van der Waals surface area contributed by atoms with Gasteiger partial charge in [0.2, 0.25) is 0 Å². The lowest BCUT2D eigenvalue weighted by Gasteiger charge is -2.13. The zero-order valence-electron chi connectivity index (χ0n) is 9.40. The average Bonchev–Trinajstić information content (AvgIpc) is 2.06. The molecule has 0 aliphatic carbocycles. The Kier molecular flexibility index (Phi) is 3.21. The molecule has 1 unspecified atom stereocenters. The van der Waals surface area contributed by atoms with Crippen LogP contribution >= 0.6 is 0 Å². The highest BCUT2D eigenvalue weighted by molar-refractivity contribution is 7.90. The van der Waals surface area contributed by atoms with Crippen molar-refractivity contribution in [2.75, 3.05) is 6.26 Å². The van der Waals surface area contributed by atoms with Crippen molar-refractivity contribution in [3.05, 3.63) is 28.8 Å². The van der Waals surface area contributed by atoms with E-state index in [0.717, 1.165) is 17.4 Å². The number of benzene rings is 1. The lowest BCUT2D eigenvalue weighted by Crippen LogP contribution is -2.06. The van der Waals surface area contributed by atoms with Crippen molar-refractivity contribution in [3.63, 3.8) is 0 Å². The SMILES string of the molecule is Cc1cc(C(C)O)c(S(C)(=O)=O)cc1C. The summed E-state index contributed by atoms with van der Waals surface area (Å²) in [6.07, 6.45) is 0.386. The maximum atomic E-state index is 11.5. The van der Waals surface area contributed by atoms with Crippen LogP contribution in [0.2, 0.25) is 0 Å². The number of rotatable bonds is 2. The van der Waals surface area contributed by atoms with Crippen LogP contribution in [-0.2, 0) is 9.84 Å². The van der Waals surface area contributed by atoms with Crippen LogP contribution in [0.15, 0.2) is 17.0 Å². The second-order valence-electron chi connectivity index (χ2n) is 3.92. The molecular formula is C11H16O3S. The molecule has 0 saturated heterocycles. The third-order valence-corrected chi connectivity index (χ3v) is 3.63. The lowest BCUT2D eigenvalue weighted by molar-refractivity contribution is 0.196. The number of aliphatic hydroxyl groups is 1. The van der Waals surface area contributed by atoms with E-state index in [2.05, 4.69) is 0 Å². The Morgan fingerprint density at radius 1 is 1.20 bits per heavy atom. The molecular weight excluding hydrogens is 212 g/mol. The van der Waals surface area contributed by atoms with Crippen LogP contribution < -0.4 is 0 Å². The van der Waals surface area contributed by atoms with Gasteiger partial charge < -0.3 is 5.11 Å². The Hall–Kier alpha value is -0.870. The van der Waals surface area contributed by atoms with E-state index in [-0.39, 0.29) is 4.90 Å². The highest BCUT2D eigenvalue weighted by Gasteiger charge is 2.17. The first-order chi connectivity index (χ1) is 6.73. The molecule has 1 atom stereocenters. The van der Waals surface area contributed by atoms with Crippen molar-refractivity contribution in [1.29, 1.82) is 0 Å². The van der Waals surface area contributed by atoms with E-state index in [4.69, 9.17) is 0 Å². The largest absolute Gasteiger partial charge is 0.389 e. The summed E-state index contributed by atoms with van der Waals surface area (Å²) in [6, 6.07) is 3.35. The minimum Gasteiger partial charge on any atom is -0.389 e. The quantitative estimate of drug-likeness (QED) is 0.839. The van der Waals surface area contributed by atoms with E-state index in [1.807, 2.05) is 13.8 Å². The van der Waals surface area contributed by atoms with Crippen molar-refractivity contribution in [1.82, 2.24) is 0 Å². The van der Waals surface area contributed by atoms with Crippen molar-refractivity contribution >= 4 is 9.84 Å². The van der Waals surface area contributed by atoms with E-state index in [0.29, 0.717) is 5.56 Å². The van der Waals surface area contributed by atoms with Gasteiger partial charge in [0, 0.05) is 6.26 Å². The second kappa shape index (κ2) is 3.94. The molecule has 0 radical (unpaired) electrons. The van der Waals surface area contributed by atoms with Gasteiger partial charge in [-0.1, -0.05) is 6.07 Å². The molecule has 0 heterocycles. The van der Waals surface area contributed by atoms with Gasteiger partial charge in [-0.15, -0.1) is 0 Å². The summed E-state index contributed by atoms with van der Waals surface area (Å²) in [4.78, 5) is 0.223. The molecule has 1 N–H and O–H groups in total. The molecule has 0 aromatic heterocycles. The van der Waals surface area contributed by atoms with Gasteiger partial charge in [-0.05, 0) is 43.5 Å². The highest BCUT2D eigenvalue weighted by atomic mass is 32.2. The first-order valence-electron chi connectivity index (χ1n) is 4.72. The molecule has 1 aromatic rings. The predicted molar refractivity (Wildman–Crippen MR) is 59.7 cm³/mol. The first kappa shape index (κ1) is 12.2. The Morgan fingerprint density at radius 3 is 2.07 bits per heavy atom. The number of hydrogen-bond donors (Lipinski definition) is 1. The molecule has 0 fully saturated rings. The molecule has 1 aromatic carbocycles. The van der Waals surface area contributed by atoms with Gasteiger partial charge in [0.25, 0.3) is 0 Å². The smallest absolute Gasteiger partial charge is 0.175 e. The monoisotopic (exact) mass is 228 g/mol. The van der Waals surface area contributed by atoms with E-state index in [1.54, 1.807) is 19.1 Å². The van der Waals surface area contributed by atoms with Crippen LogP contribution in [0.25, 0.3) is 0 Å². The fourth-order valence-corrected chi connectivity index (χ4v) is 2.51. The minimum absolute atomic E-state index is 0.223. The van der Waals surface area contributed by atoms with Gasteiger partial charge >= 0.3 is 0 Å². The van der Waals surface area contributed by atoms with Gasteiger partial charge in [-0.3, -0.25) is 0 Å². The van der Waals surface area contributed by atoms with E-state index >= 15 is 0 Å². The first-order valence-corrected chi connectivity index (χ1v) is 6.62. The zero-order valence-corrected chi connectivity index (χ0v) is 10.2. The summed E-state index contributed by atoms with van der Waals surface area (Å²) in [5, 5.41) is 9.52. The van der Waals surface area contributed by atoms with Gasteiger partial charge in [0.15, 0.2) is 9.84 Å². The van der Waals surface area contributed by atoms with Crippen LogP contribution in [0.5, 0.6) is 0 Å². The summed E-state index contributed by atoms with van der Waals surface area (Å²) in [5.41, 5.74) is 2.37. The fourth-order valence-electron chi connectivity index (χ4n) is 1.46. The average molecular weight is 228 g/mol. The highest BCUT2D eigenvalue weighted by Crippen LogP contribution is 2.25. The molecule has 0 aliphatic rings. The Balaban J connectivity index is 3.56. The topological polar surface area (TPSA) is 54.4 Å². The van der Waals surface area contributed by atoms with Crippen molar-refractivity contribution in [2.24, 2.45) is 0 Å². The maximum Gasteiger partial charge on any atom is 0.175 e. The Labute approximate surface area is 90.7 Å². The number of sulfone groups is 1. The summed E-state index contributed by atoms with van der Waals surface area (Å²) in [5.74, 6) is 0. The Bertz CT molecular complexity index is 473. The van der Waals surface area contributed by atoms with Crippen LogP contribution in [-0.4, -0.2) is 19.8 Å². The van der Waals surface area contributed by atoms with Gasteiger partial charge in [-0.2, -0.15) is 0 Å². The normalized spacial score (nSPS) is 13.9. The minimum atomic E-state index is -3.28. The van der Waals surface area contributed by atoms with Crippen molar-refractivity contribution in [3.8, 4) is 0 Å². The second-order valence-corrected chi connectivity index (χ2v) is 5.91. The summed E-state index contributed by atoms with van der Waals surface area (Å²) < 4.78 is 23.0. The summed E-state index contributed by atoms with van der Waals surface area (Å²) in [7, 11) is -3.28. The van der Waals surface area contributed by atoms with Crippen LogP contribution in [0.1, 0.15) is 29.7 Å². The van der Waals surface area contributed by atoms with Gasteiger partial charge in [-0.25, -0.2) is 8.42 Å². The third kappa shape index (κ3) is 2.58. The molecule has 3 nitrogen and oxygen atoms in total. The third-order valence-electron chi connectivity index (χ3n) is 2.48. The van der Waals surface area contributed by atoms with Crippen LogP contribution in [0.4, 0.5) is 0 Å². The van der Waals surface area contributed by atoms with Crippen molar-refractivity contribution in [2.45, 2.75) is 31.8 Å². The molecule has 84 valence electrons. The lowest BCUT2D eigenvalue weighted by atomic mass is 10.0. The van der Waals surface area contributed by atoms with Crippen molar-refractivity contribution < 1.29 is 13.5 Å². The number of hydrogen-bond acceptors (Lipinski definition) is 3. The number of aliphatic hydroxyl groups excluding tert-OH is 1. The summed E-state index contributed by atoms with van der Waals surface area (Å²) in [6.45, 7) is 5.32. The predicted octanol–water partition coefficient (Wildman–Crippen LogP) is 1.76. The van der Waals surface area contributed by atoms with Crippen LogP contribution in [0.3, 0.4) is 0 Å². The molecule has 15 heavy (non-hydrogen) atoms. The molecule has 0 bridgehead atoms. The van der Waals surface area contributed by atoms with E-state index in [1.165, 1.54) is 0 Å². The van der Waals surface area contributed by atoms with Gasteiger partial charge in [0.05, 0.1) is 11.0 Å². The van der Waals surface area contributed by atoms with Crippen LogP contribution in [0, 0.1) is 13.8 Å². The molecule has 1 rings (SSSR count). The fraction of sp³-hybridized carbons (Fsp3) is 0.455. The summed E-state index contributed by atoms with van der Waals surface area (Å²) >= 11 is 0. The molecule has 4 heteroatoms. The molecule has 0 spiro atoms. The maximum absolute atomic E-state index is 11.5. The molecule has 0 saturated carbocycles. The van der Waals surface area contributed by atoms with E-state index in [9.17, 15) is 13.5 Å². The standard InChI is InChI=1S/C11H16O3S/c1-7-5-10(9(3)12)11(6-8(7)2)15(4,13)14/h5-6,9,12H,1-4H3. The Morgan fingerprint density at radius 2 is 1.67 bits per heavy atom. The zero-order chi connectivity index (χ0) is 11.8. The van der Waals surface area contributed by atoms with E-state index < -0.39 is 15.9 Å². The molecule has 0 amide bonds. The van der Waals surface area contributed by atoms with Gasteiger partial charge in [0.1, 0.15) is 0 Å². The number of aryl methyl sites for hydroxylation is 2. The molecule has 0 aliphatic heterocycles.